The molecular weight excluding hydrogens is 716 g/mol. The zero-order chi connectivity index (χ0) is 35.4. The first-order valence-corrected chi connectivity index (χ1v) is 18.2. The number of fused-ring (bicyclic) bond motifs is 1. The molecule has 48 heavy (non-hydrogen) atoms. The molecule has 3 aromatic heterocycles. The van der Waals surface area contributed by atoms with Gasteiger partial charge < -0.3 is 34.8 Å². The predicted molar refractivity (Wildman–Crippen MR) is 185 cm³/mol. The topological polar surface area (TPSA) is 146 Å². The number of methoxy groups -OCH3 is 1. The average molecular weight is 754 g/mol. The highest BCUT2D eigenvalue weighted by molar-refractivity contribution is 9.10. The minimum absolute atomic E-state index is 0.362. The molecule has 0 aliphatic carbocycles. The highest BCUT2D eigenvalue weighted by Crippen LogP contribution is 2.41. The number of alkyl halides is 3. The molecule has 0 saturated carbocycles. The van der Waals surface area contributed by atoms with Gasteiger partial charge in [-0.15, -0.1) is 0 Å². The second-order valence-electron chi connectivity index (χ2n) is 11.7. The number of benzene rings is 1. The van der Waals surface area contributed by atoms with Crippen LogP contribution in [0.5, 0.6) is 5.88 Å². The van der Waals surface area contributed by atoms with E-state index in [-0.39, 0.29) is 0 Å². The van der Waals surface area contributed by atoms with Crippen LogP contribution < -0.4 is 25.6 Å². The largest absolute Gasteiger partial charge is 0.490 e. The smallest absolute Gasteiger partial charge is 0.479 e. The van der Waals surface area contributed by atoms with E-state index in [1.54, 1.807) is 32.8 Å². The molecule has 0 amide bonds. The molecule has 12 nitrogen and oxygen atoms in total. The van der Waals surface area contributed by atoms with Crippen molar-refractivity contribution in [2.24, 2.45) is 0 Å². The van der Waals surface area contributed by atoms with Crippen molar-refractivity contribution in [1.29, 1.82) is 0 Å². The highest BCUT2D eigenvalue weighted by atomic mass is 79.9. The summed E-state index contributed by atoms with van der Waals surface area (Å²) in [6.45, 7) is 7.48. The Morgan fingerprint density at radius 3 is 2.31 bits per heavy atom. The van der Waals surface area contributed by atoms with Crippen LogP contribution in [-0.4, -0.2) is 95.8 Å². The predicted octanol–water partition coefficient (Wildman–Crippen LogP) is 6.40. The standard InChI is InChI=1S/C29H36BrN8O2P.C2HF3O2/c1-18-15-23(28(40-4)36-27(18)38-13-11-19(12-14-38)37(2)3)34-29-32-16-21(30)26(35-29)33-24-17-31-22-10-8-7-9-20(22)25(24)41(5,6)39;3-2(4,5)1(6)7/h7-10,15-17,19H,11-14H2,1-6H3,(H2,32,33,34,35);(H,6,7). The summed E-state index contributed by atoms with van der Waals surface area (Å²) in [4.78, 5) is 32.1. The lowest BCUT2D eigenvalue weighted by molar-refractivity contribution is -0.192. The Balaban J connectivity index is 0.000000671. The van der Waals surface area contributed by atoms with E-state index in [9.17, 15) is 17.7 Å². The molecular formula is C31H37BrF3N8O4P. The summed E-state index contributed by atoms with van der Waals surface area (Å²) in [5.74, 6) is -0.476. The van der Waals surface area contributed by atoms with Crippen LogP contribution in [-0.2, 0) is 9.36 Å². The summed E-state index contributed by atoms with van der Waals surface area (Å²) in [5, 5.41) is 15.3. The molecule has 258 valence electrons. The van der Waals surface area contributed by atoms with Gasteiger partial charge in [0.05, 0.1) is 29.0 Å². The zero-order valence-electron chi connectivity index (χ0n) is 27.3. The summed E-state index contributed by atoms with van der Waals surface area (Å²) < 4.78 is 51.4. The second-order valence-corrected chi connectivity index (χ2v) is 15.7. The third-order valence-electron chi connectivity index (χ3n) is 7.61. The molecule has 0 atom stereocenters. The van der Waals surface area contributed by atoms with Crippen molar-refractivity contribution in [3.05, 3.63) is 52.8 Å². The lowest BCUT2D eigenvalue weighted by Gasteiger charge is -2.36. The van der Waals surface area contributed by atoms with Gasteiger partial charge in [-0.25, -0.2) is 9.78 Å². The molecule has 0 radical (unpaired) electrons. The van der Waals surface area contributed by atoms with E-state index < -0.39 is 19.3 Å². The molecule has 0 bridgehead atoms. The van der Waals surface area contributed by atoms with Gasteiger partial charge in [-0.05, 0) is 80.8 Å². The van der Waals surface area contributed by atoms with E-state index in [4.69, 9.17) is 24.6 Å². The quantitative estimate of drug-likeness (QED) is 0.171. The van der Waals surface area contributed by atoms with Gasteiger partial charge in [0.1, 0.15) is 24.5 Å². The number of pyridine rings is 2. The Morgan fingerprint density at radius 2 is 1.73 bits per heavy atom. The normalized spacial score (nSPS) is 14.0. The average Bonchev–Trinajstić information content (AvgIpc) is 3.02. The van der Waals surface area contributed by atoms with Crippen molar-refractivity contribution >= 4 is 74.2 Å². The SMILES string of the molecule is COc1nc(N2CCC(N(C)C)CC2)c(C)cc1Nc1ncc(Br)c(Nc2cnc3ccccc3c2P(C)(C)=O)n1.O=C(O)C(F)(F)F. The molecule has 0 spiro atoms. The summed E-state index contributed by atoms with van der Waals surface area (Å²) in [6, 6.07) is 10.3. The van der Waals surface area contributed by atoms with Crippen molar-refractivity contribution < 1.29 is 32.4 Å². The number of ether oxygens (including phenoxy) is 1. The van der Waals surface area contributed by atoms with Crippen molar-refractivity contribution in [2.75, 3.05) is 63.2 Å². The maximum atomic E-state index is 13.4. The minimum atomic E-state index is -5.08. The molecule has 0 unspecified atom stereocenters. The van der Waals surface area contributed by atoms with E-state index in [1.807, 2.05) is 30.3 Å². The highest BCUT2D eigenvalue weighted by Gasteiger charge is 2.38. The number of carbonyl (C=O) groups is 1. The number of carboxylic acid groups (broad SMARTS) is 1. The number of rotatable bonds is 8. The van der Waals surface area contributed by atoms with Crippen LogP contribution in [0.2, 0.25) is 0 Å². The molecule has 4 aromatic rings. The van der Waals surface area contributed by atoms with Crippen LogP contribution in [0.3, 0.4) is 0 Å². The zero-order valence-corrected chi connectivity index (χ0v) is 29.7. The summed E-state index contributed by atoms with van der Waals surface area (Å²) >= 11 is 3.55. The Labute approximate surface area is 284 Å². The van der Waals surface area contributed by atoms with Crippen LogP contribution in [0.15, 0.2) is 47.2 Å². The fourth-order valence-electron chi connectivity index (χ4n) is 5.31. The number of aryl methyl sites for hydroxylation is 1. The number of carboxylic acids is 1. The first-order chi connectivity index (χ1) is 22.5. The van der Waals surface area contributed by atoms with Gasteiger partial charge in [0.15, 0.2) is 0 Å². The maximum absolute atomic E-state index is 13.4. The fourth-order valence-corrected chi connectivity index (χ4v) is 7.06. The number of hydrogen-bond donors (Lipinski definition) is 3. The molecule has 1 aliphatic rings. The van der Waals surface area contributed by atoms with Crippen LogP contribution in [0.1, 0.15) is 18.4 Å². The van der Waals surface area contributed by atoms with E-state index in [2.05, 4.69) is 67.4 Å². The number of aliphatic carboxylic acids is 1. The summed E-state index contributed by atoms with van der Waals surface area (Å²) in [7, 11) is 3.23. The van der Waals surface area contributed by atoms with Gasteiger partial charge in [-0.2, -0.15) is 23.1 Å². The lowest BCUT2D eigenvalue weighted by Crippen LogP contribution is -2.42. The third kappa shape index (κ3) is 8.91. The van der Waals surface area contributed by atoms with Crippen LogP contribution in [0.25, 0.3) is 10.9 Å². The molecule has 1 aromatic carbocycles. The Morgan fingerprint density at radius 1 is 1.08 bits per heavy atom. The molecule has 5 rings (SSSR count). The number of anilines is 5. The van der Waals surface area contributed by atoms with Crippen molar-refractivity contribution in [3.63, 3.8) is 0 Å². The van der Waals surface area contributed by atoms with Gasteiger partial charge in [-0.1, -0.05) is 18.2 Å². The second kappa shape index (κ2) is 15.0. The number of nitrogens with one attached hydrogen (secondary N) is 2. The monoisotopic (exact) mass is 752 g/mol. The van der Waals surface area contributed by atoms with E-state index >= 15 is 0 Å². The number of halogens is 4. The van der Waals surface area contributed by atoms with Crippen LogP contribution >= 0.6 is 23.1 Å². The van der Waals surface area contributed by atoms with Crippen LogP contribution in [0, 0.1) is 6.92 Å². The maximum Gasteiger partial charge on any atom is 0.490 e. The number of hydrogen-bond acceptors (Lipinski definition) is 11. The molecule has 4 heterocycles. The lowest BCUT2D eigenvalue weighted by atomic mass is 10.0. The Bertz CT molecular complexity index is 1830. The van der Waals surface area contributed by atoms with Gasteiger partial charge in [-0.3, -0.25) is 4.98 Å². The first-order valence-electron chi connectivity index (χ1n) is 14.8. The van der Waals surface area contributed by atoms with Crippen molar-refractivity contribution in [2.45, 2.75) is 32.0 Å². The van der Waals surface area contributed by atoms with Crippen molar-refractivity contribution in [1.82, 2.24) is 24.8 Å². The minimum Gasteiger partial charge on any atom is -0.479 e. The number of para-hydroxylation sites is 1. The Hall–Kier alpha value is -4.01. The number of aromatic nitrogens is 4. The van der Waals surface area contributed by atoms with E-state index in [0.717, 1.165) is 53.5 Å². The molecule has 1 saturated heterocycles. The van der Waals surface area contributed by atoms with Crippen molar-refractivity contribution in [3.8, 4) is 5.88 Å². The first kappa shape index (κ1) is 36.8. The summed E-state index contributed by atoms with van der Waals surface area (Å²) in [5.41, 5.74) is 3.15. The van der Waals surface area contributed by atoms with Gasteiger partial charge in [0.2, 0.25) is 11.8 Å². The van der Waals surface area contributed by atoms with Gasteiger partial charge >= 0.3 is 12.1 Å². The van der Waals surface area contributed by atoms with Crippen LogP contribution in [0.4, 0.5) is 42.1 Å². The van der Waals surface area contributed by atoms with E-state index in [1.165, 1.54) is 0 Å². The fraction of sp³-hybridized carbons (Fsp3) is 0.387. The molecule has 1 fully saturated rings. The summed E-state index contributed by atoms with van der Waals surface area (Å²) in [6.07, 6.45) is 0.479. The third-order valence-corrected chi connectivity index (χ3v) is 9.75. The van der Waals surface area contributed by atoms with Gasteiger partial charge in [0.25, 0.3) is 0 Å². The molecule has 17 heteroatoms. The molecule has 3 N–H and O–H groups in total. The Kier molecular flexibility index (Phi) is 11.5. The van der Waals surface area contributed by atoms with E-state index in [0.29, 0.717) is 39.5 Å². The number of nitrogens with zero attached hydrogens (tertiary/aromatic N) is 6. The number of piperidine rings is 1. The van der Waals surface area contributed by atoms with Gasteiger partial charge in [0, 0.05) is 36.0 Å². The molecule has 1 aliphatic heterocycles.